The van der Waals surface area contributed by atoms with E-state index in [1.165, 1.54) is 4.88 Å². The lowest BCUT2D eigenvalue weighted by Gasteiger charge is -2.36. The number of aromatic nitrogens is 2. The summed E-state index contributed by atoms with van der Waals surface area (Å²) in [5.74, 6) is 2.65. The van der Waals surface area contributed by atoms with Crippen LogP contribution < -0.4 is 5.32 Å². The van der Waals surface area contributed by atoms with Gasteiger partial charge in [0.1, 0.15) is 12.4 Å². The number of hydrogen-bond donors (Lipinski definition) is 1. The van der Waals surface area contributed by atoms with Crippen LogP contribution in [0.1, 0.15) is 31.5 Å². The van der Waals surface area contributed by atoms with Gasteiger partial charge >= 0.3 is 0 Å². The average molecular weight is 389 g/mol. The highest BCUT2D eigenvalue weighted by molar-refractivity contribution is 7.09. The highest BCUT2D eigenvalue weighted by atomic mass is 32.1. The van der Waals surface area contributed by atoms with Gasteiger partial charge in [-0.25, -0.2) is 9.98 Å². The lowest BCUT2D eigenvalue weighted by Crippen LogP contribution is -2.52. The molecular weight excluding hydrogens is 356 g/mol. The molecule has 0 radical (unpaired) electrons. The number of rotatable bonds is 7. The molecule has 3 rings (SSSR count). The molecule has 0 bridgehead atoms. The molecule has 148 valence electrons. The van der Waals surface area contributed by atoms with Gasteiger partial charge in [-0.05, 0) is 24.3 Å². The Bertz CT molecular complexity index is 698. The second-order valence-corrected chi connectivity index (χ2v) is 8.43. The normalized spacial score (nSPS) is 16.3. The second-order valence-electron chi connectivity index (χ2n) is 7.40. The van der Waals surface area contributed by atoms with E-state index in [1.807, 2.05) is 17.5 Å². The van der Waals surface area contributed by atoms with Gasteiger partial charge in [0, 0.05) is 63.1 Å². The maximum Gasteiger partial charge on any atom is 0.194 e. The van der Waals surface area contributed by atoms with Gasteiger partial charge in [-0.1, -0.05) is 19.9 Å². The van der Waals surface area contributed by atoms with Crippen LogP contribution in [-0.2, 0) is 19.6 Å². The van der Waals surface area contributed by atoms with E-state index in [0.717, 1.165) is 57.6 Å². The molecule has 3 heterocycles. The highest BCUT2D eigenvalue weighted by Gasteiger charge is 2.20. The van der Waals surface area contributed by atoms with Crippen molar-refractivity contribution in [1.82, 2.24) is 24.7 Å². The van der Waals surface area contributed by atoms with E-state index in [1.54, 1.807) is 0 Å². The van der Waals surface area contributed by atoms with Crippen molar-refractivity contribution in [2.45, 2.75) is 40.4 Å². The summed E-state index contributed by atoms with van der Waals surface area (Å²) in [4.78, 5) is 15.7. The number of thiophene rings is 1. The zero-order valence-electron chi connectivity index (χ0n) is 16.8. The van der Waals surface area contributed by atoms with E-state index in [4.69, 9.17) is 4.99 Å². The molecule has 2 aromatic rings. The van der Waals surface area contributed by atoms with Crippen molar-refractivity contribution in [1.29, 1.82) is 0 Å². The van der Waals surface area contributed by atoms with Gasteiger partial charge in [0.05, 0.1) is 0 Å². The fourth-order valence-electron chi connectivity index (χ4n) is 3.36. The molecule has 1 aliphatic heterocycles. The standard InChI is InChI=1S/C20H32N6S/c1-4-21-20(23-14-19-22-7-8-26(19)15-17(2)3)25-11-9-24(10-12-25)16-18-6-5-13-27-18/h5-8,13,17H,4,9-12,14-16H2,1-3H3,(H,21,23). The van der Waals surface area contributed by atoms with E-state index in [0.29, 0.717) is 12.5 Å². The molecule has 0 aromatic carbocycles. The molecular formula is C20H32N6S. The zero-order chi connectivity index (χ0) is 19.1. The summed E-state index contributed by atoms with van der Waals surface area (Å²) >= 11 is 1.84. The van der Waals surface area contributed by atoms with E-state index in [9.17, 15) is 0 Å². The predicted molar refractivity (Wildman–Crippen MR) is 113 cm³/mol. The minimum absolute atomic E-state index is 0.603. The largest absolute Gasteiger partial charge is 0.357 e. The summed E-state index contributed by atoms with van der Waals surface area (Å²) in [6.07, 6.45) is 3.94. The Morgan fingerprint density at radius 1 is 1.30 bits per heavy atom. The Morgan fingerprint density at radius 2 is 2.11 bits per heavy atom. The number of aliphatic imine (C=N–C) groups is 1. The summed E-state index contributed by atoms with van der Waals surface area (Å²) in [6.45, 7) is 14.3. The Morgan fingerprint density at radius 3 is 2.78 bits per heavy atom. The minimum Gasteiger partial charge on any atom is -0.357 e. The average Bonchev–Trinajstić information content (AvgIpc) is 3.31. The van der Waals surface area contributed by atoms with Crippen LogP contribution in [0.2, 0.25) is 0 Å². The third-order valence-electron chi connectivity index (χ3n) is 4.70. The van der Waals surface area contributed by atoms with Crippen LogP contribution in [0.4, 0.5) is 0 Å². The SMILES string of the molecule is CCNC(=NCc1nccn1CC(C)C)N1CCN(Cc2cccs2)CC1. The summed E-state index contributed by atoms with van der Waals surface area (Å²) in [6, 6.07) is 4.36. The maximum atomic E-state index is 4.88. The maximum absolute atomic E-state index is 4.88. The molecule has 0 aliphatic carbocycles. The van der Waals surface area contributed by atoms with Crippen LogP contribution in [0.5, 0.6) is 0 Å². The monoisotopic (exact) mass is 388 g/mol. The molecule has 0 saturated carbocycles. The topological polar surface area (TPSA) is 48.7 Å². The smallest absolute Gasteiger partial charge is 0.194 e. The molecule has 0 unspecified atom stereocenters. The zero-order valence-corrected chi connectivity index (χ0v) is 17.6. The quantitative estimate of drug-likeness (QED) is 0.585. The first-order chi connectivity index (χ1) is 13.2. The Labute approximate surface area is 166 Å². The summed E-state index contributed by atoms with van der Waals surface area (Å²) in [7, 11) is 0. The number of nitrogens with zero attached hydrogens (tertiary/aromatic N) is 5. The van der Waals surface area contributed by atoms with Crippen LogP contribution in [0, 0.1) is 5.92 Å². The molecule has 0 atom stereocenters. The highest BCUT2D eigenvalue weighted by Crippen LogP contribution is 2.14. The fraction of sp³-hybridized carbons (Fsp3) is 0.600. The summed E-state index contributed by atoms with van der Waals surface area (Å²) < 4.78 is 2.22. The Hall–Kier alpha value is -1.86. The molecule has 1 aliphatic rings. The second kappa shape index (κ2) is 9.90. The third kappa shape index (κ3) is 5.81. The van der Waals surface area contributed by atoms with Crippen LogP contribution in [-0.4, -0.2) is 58.0 Å². The molecule has 1 saturated heterocycles. The van der Waals surface area contributed by atoms with Crippen molar-refractivity contribution in [3.8, 4) is 0 Å². The third-order valence-corrected chi connectivity index (χ3v) is 5.56. The van der Waals surface area contributed by atoms with Crippen LogP contribution in [0.15, 0.2) is 34.9 Å². The van der Waals surface area contributed by atoms with Gasteiger partial charge in [-0.2, -0.15) is 0 Å². The summed E-state index contributed by atoms with van der Waals surface area (Å²) in [5.41, 5.74) is 0. The van der Waals surface area contributed by atoms with Crippen LogP contribution >= 0.6 is 11.3 Å². The van der Waals surface area contributed by atoms with Crippen LogP contribution in [0.3, 0.4) is 0 Å². The van der Waals surface area contributed by atoms with Crippen molar-refractivity contribution in [3.63, 3.8) is 0 Å². The summed E-state index contributed by atoms with van der Waals surface area (Å²) in [5, 5.41) is 5.62. The molecule has 0 spiro atoms. The Balaban J connectivity index is 1.57. The predicted octanol–water partition coefficient (Wildman–Crippen LogP) is 2.88. The number of piperazine rings is 1. The van der Waals surface area contributed by atoms with Crippen molar-refractivity contribution in [2.75, 3.05) is 32.7 Å². The number of hydrogen-bond acceptors (Lipinski definition) is 4. The van der Waals surface area contributed by atoms with E-state index in [-0.39, 0.29) is 0 Å². The number of nitrogens with one attached hydrogen (secondary N) is 1. The number of guanidine groups is 1. The molecule has 1 fully saturated rings. The molecule has 2 aromatic heterocycles. The molecule has 1 N–H and O–H groups in total. The van der Waals surface area contributed by atoms with Gasteiger partial charge in [0.15, 0.2) is 5.96 Å². The van der Waals surface area contributed by atoms with E-state index >= 15 is 0 Å². The molecule has 0 amide bonds. The Kier molecular flexibility index (Phi) is 7.29. The molecule has 7 heteroatoms. The van der Waals surface area contributed by atoms with Gasteiger partial charge in [0.25, 0.3) is 0 Å². The van der Waals surface area contributed by atoms with Crippen molar-refractivity contribution >= 4 is 17.3 Å². The van der Waals surface area contributed by atoms with Gasteiger partial charge in [-0.15, -0.1) is 11.3 Å². The van der Waals surface area contributed by atoms with E-state index < -0.39 is 0 Å². The first kappa shape index (κ1) is 19.9. The van der Waals surface area contributed by atoms with Crippen molar-refractivity contribution in [2.24, 2.45) is 10.9 Å². The van der Waals surface area contributed by atoms with E-state index in [2.05, 4.69) is 69.1 Å². The van der Waals surface area contributed by atoms with Crippen LogP contribution in [0.25, 0.3) is 0 Å². The van der Waals surface area contributed by atoms with Crippen molar-refractivity contribution < 1.29 is 0 Å². The van der Waals surface area contributed by atoms with Crippen molar-refractivity contribution in [3.05, 3.63) is 40.6 Å². The molecule has 6 nitrogen and oxygen atoms in total. The first-order valence-electron chi connectivity index (χ1n) is 9.93. The molecule has 27 heavy (non-hydrogen) atoms. The van der Waals surface area contributed by atoms with Gasteiger partial charge in [-0.3, -0.25) is 4.90 Å². The lowest BCUT2D eigenvalue weighted by atomic mass is 10.2. The van der Waals surface area contributed by atoms with Gasteiger partial charge in [0.2, 0.25) is 0 Å². The first-order valence-corrected chi connectivity index (χ1v) is 10.8. The van der Waals surface area contributed by atoms with Gasteiger partial charge < -0.3 is 14.8 Å². The minimum atomic E-state index is 0.603. The lowest BCUT2D eigenvalue weighted by molar-refractivity contribution is 0.173. The number of imidazole rings is 1. The fourth-order valence-corrected chi connectivity index (χ4v) is 4.11.